The van der Waals surface area contributed by atoms with Crippen LogP contribution in [0.5, 0.6) is 11.5 Å². The summed E-state index contributed by atoms with van der Waals surface area (Å²) in [5, 5.41) is 8.59. The maximum absolute atomic E-state index is 12.8. The van der Waals surface area contributed by atoms with E-state index in [1.807, 2.05) is 37.3 Å². The van der Waals surface area contributed by atoms with E-state index in [1.165, 1.54) is 0 Å². The van der Waals surface area contributed by atoms with Gasteiger partial charge in [0.2, 0.25) is 5.91 Å². The SMILES string of the molecule is CCCC(=O)Nc1cccc(NC(=S)NC(=O)c2ccccc2OCCOc2ccccc2)c1. The minimum absolute atomic E-state index is 0.0543. The molecule has 0 aromatic heterocycles. The summed E-state index contributed by atoms with van der Waals surface area (Å²) in [5.41, 5.74) is 1.64. The van der Waals surface area contributed by atoms with Gasteiger partial charge in [-0.3, -0.25) is 14.9 Å². The van der Waals surface area contributed by atoms with E-state index < -0.39 is 5.91 Å². The first-order valence-corrected chi connectivity index (χ1v) is 11.4. The molecule has 3 aromatic carbocycles. The highest BCUT2D eigenvalue weighted by Gasteiger charge is 2.14. The number of thiocarbonyl (C=S) groups is 1. The maximum atomic E-state index is 12.8. The van der Waals surface area contributed by atoms with Gasteiger partial charge in [0, 0.05) is 17.8 Å². The Labute approximate surface area is 204 Å². The van der Waals surface area contributed by atoms with E-state index in [-0.39, 0.29) is 17.6 Å². The molecule has 8 heteroatoms. The van der Waals surface area contributed by atoms with Crippen molar-refractivity contribution in [3.05, 3.63) is 84.4 Å². The average Bonchev–Trinajstić information content (AvgIpc) is 2.83. The molecule has 0 fully saturated rings. The number of hydrogen-bond acceptors (Lipinski definition) is 5. The first-order valence-electron chi connectivity index (χ1n) is 11.0. The second-order valence-electron chi connectivity index (χ2n) is 7.29. The molecule has 0 saturated carbocycles. The number of nitrogens with one attached hydrogen (secondary N) is 3. The molecule has 0 heterocycles. The van der Waals surface area contributed by atoms with Crippen molar-refractivity contribution in [3.8, 4) is 11.5 Å². The number of carbonyl (C=O) groups is 2. The van der Waals surface area contributed by atoms with Crippen molar-refractivity contribution in [2.24, 2.45) is 0 Å². The van der Waals surface area contributed by atoms with Gasteiger partial charge in [0.25, 0.3) is 5.91 Å². The number of carbonyl (C=O) groups excluding carboxylic acids is 2. The first-order chi connectivity index (χ1) is 16.5. The molecule has 0 saturated heterocycles. The molecule has 0 aliphatic rings. The lowest BCUT2D eigenvalue weighted by atomic mass is 10.2. The zero-order valence-corrected chi connectivity index (χ0v) is 19.7. The van der Waals surface area contributed by atoms with Crippen molar-refractivity contribution >= 4 is 40.5 Å². The van der Waals surface area contributed by atoms with Crippen LogP contribution in [0.4, 0.5) is 11.4 Å². The Morgan fingerprint density at radius 3 is 2.26 bits per heavy atom. The van der Waals surface area contributed by atoms with Crippen LogP contribution in [0, 0.1) is 0 Å². The summed E-state index contributed by atoms with van der Waals surface area (Å²) in [6.45, 7) is 2.56. The number of para-hydroxylation sites is 2. The number of amides is 2. The summed E-state index contributed by atoms with van der Waals surface area (Å²) in [7, 11) is 0. The second-order valence-corrected chi connectivity index (χ2v) is 7.70. The van der Waals surface area contributed by atoms with E-state index in [0.717, 1.165) is 12.2 Å². The summed E-state index contributed by atoms with van der Waals surface area (Å²) in [6.07, 6.45) is 1.22. The Morgan fingerprint density at radius 1 is 0.824 bits per heavy atom. The van der Waals surface area contributed by atoms with Crippen LogP contribution in [0.25, 0.3) is 0 Å². The van der Waals surface area contributed by atoms with E-state index in [0.29, 0.717) is 35.7 Å². The van der Waals surface area contributed by atoms with Crippen LogP contribution < -0.4 is 25.4 Å². The van der Waals surface area contributed by atoms with Crippen molar-refractivity contribution in [1.29, 1.82) is 0 Å². The molecule has 7 nitrogen and oxygen atoms in total. The van der Waals surface area contributed by atoms with Crippen LogP contribution in [0.2, 0.25) is 0 Å². The summed E-state index contributed by atoms with van der Waals surface area (Å²) in [6, 6.07) is 23.5. The smallest absolute Gasteiger partial charge is 0.261 e. The second kappa shape index (κ2) is 13.0. The number of anilines is 2. The summed E-state index contributed by atoms with van der Waals surface area (Å²) in [5.74, 6) is 0.730. The molecule has 2 amide bonds. The zero-order chi connectivity index (χ0) is 24.2. The fraction of sp³-hybridized carbons (Fsp3) is 0.192. The molecule has 0 radical (unpaired) electrons. The predicted molar refractivity (Wildman–Crippen MR) is 138 cm³/mol. The number of ether oxygens (including phenoxy) is 2. The standard InChI is InChI=1S/C26H27N3O4S/c1-2-9-24(30)27-19-10-8-11-20(18-19)28-26(34)29-25(31)22-14-6-7-15-23(22)33-17-16-32-21-12-4-3-5-13-21/h3-8,10-15,18H,2,9,16-17H2,1H3,(H,27,30)(H2,28,29,31,34). The normalized spacial score (nSPS) is 10.1. The van der Waals surface area contributed by atoms with Gasteiger partial charge in [-0.2, -0.15) is 0 Å². The minimum Gasteiger partial charge on any atom is -0.490 e. The number of benzene rings is 3. The van der Waals surface area contributed by atoms with E-state index in [2.05, 4.69) is 16.0 Å². The summed E-state index contributed by atoms with van der Waals surface area (Å²) >= 11 is 5.30. The molecule has 3 rings (SSSR count). The van der Waals surface area contributed by atoms with Crippen LogP contribution in [-0.2, 0) is 4.79 Å². The monoisotopic (exact) mass is 477 g/mol. The van der Waals surface area contributed by atoms with Crippen molar-refractivity contribution < 1.29 is 19.1 Å². The summed E-state index contributed by atoms with van der Waals surface area (Å²) < 4.78 is 11.4. The van der Waals surface area contributed by atoms with E-state index in [4.69, 9.17) is 21.7 Å². The van der Waals surface area contributed by atoms with Crippen molar-refractivity contribution in [1.82, 2.24) is 5.32 Å². The van der Waals surface area contributed by atoms with E-state index in [1.54, 1.807) is 48.5 Å². The van der Waals surface area contributed by atoms with E-state index >= 15 is 0 Å². The van der Waals surface area contributed by atoms with Gasteiger partial charge in [0.15, 0.2) is 5.11 Å². The molecule has 3 aromatic rings. The third kappa shape index (κ3) is 7.90. The fourth-order valence-corrected chi connectivity index (χ4v) is 3.28. The van der Waals surface area contributed by atoms with Crippen molar-refractivity contribution in [3.63, 3.8) is 0 Å². The lowest BCUT2D eigenvalue weighted by Crippen LogP contribution is -2.34. The fourth-order valence-electron chi connectivity index (χ4n) is 3.07. The Balaban J connectivity index is 1.53. The van der Waals surface area contributed by atoms with Gasteiger partial charge in [-0.25, -0.2) is 0 Å². The van der Waals surface area contributed by atoms with Crippen LogP contribution in [0.15, 0.2) is 78.9 Å². The van der Waals surface area contributed by atoms with Crippen molar-refractivity contribution in [2.45, 2.75) is 19.8 Å². The van der Waals surface area contributed by atoms with Gasteiger partial charge in [-0.15, -0.1) is 0 Å². The highest BCUT2D eigenvalue weighted by atomic mass is 32.1. The van der Waals surface area contributed by atoms with Gasteiger partial charge in [-0.05, 0) is 61.1 Å². The lowest BCUT2D eigenvalue weighted by Gasteiger charge is -2.14. The molecule has 0 aliphatic carbocycles. The average molecular weight is 478 g/mol. The Bertz CT molecular complexity index is 1120. The molecule has 0 spiro atoms. The Hall–Kier alpha value is -3.91. The Kier molecular flexibility index (Phi) is 9.42. The van der Waals surface area contributed by atoms with E-state index in [9.17, 15) is 9.59 Å². The highest BCUT2D eigenvalue weighted by Crippen LogP contribution is 2.19. The third-order valence-corrected chi connectivity index (χ3v) is 4.80. The van der Waals surface area contributed by atoms with Crippen LogP contribution >= 0.6 is 12.2 Å². The molecular weight excluding hydrogens is 450 g/mol. The van der Waals surface area contributed by atoms with Gasteiger partial charge in [0.05, 0.1) is 5.56 Å². The molecule has 34 heavy (non-hydrogen) atoms. The van der Waals surface area contributed by atoms with Crippen LogP contribution in [0.1, 0.15) is 30.1 Å². The highest BCUT2D eigenvalue weighted by molar-refractivity contribution is 7.80. The van der Waals surface area contributed by atoms with Gasteiger partial charge >= 0.3 is 0 Å². The van der Waals surface area contributed by atoms with Crippen LogP contribution in [0.3, 0.4) is 0 Å². The molecule has 3 N–H and O–H groups in total. The third-order valence-electron chi connectivity index (χ3n) is 4.59. The zero-order valence-electron chi connectivity index (χ0n) is 18.9. The molecule has 0 unspecified atom stereocenters. The molecular formula is C26H27N3O4S. The Morgan fingerprint density at radius 2 is 1.50 bits per heavy atom. The minimum atomic E-state index is -0.399. The number of rotatable bonds is 10. The van der Waals surface area contributed by atoms with Crippen LogP contribution in [-0.4, -0.2) is 30.1 Å². The lowest BCUT2D eigenvalue weighted by molar-refractivity contribution is -0.116. The van der Waals surface area contributed by atoms with Crippen molar-refractivity contribution in [2.75, 3.05) is 23.8 Å². The first kappa shape index (κ1) is 24.7. The predicted octanol–water partition coefficient (Wildman–Crippen LogP) is 5.01. The van der Waals surface area contributed by atoms with Gasteiger partial charge in [-0.1, -0.05) is 43.3 Å². The van der Waals surface area contributed by atoms with Gasteiger partial charge in [0.1, 0.15) is 24.7 Å². The largest absolute Gasteiger partial charge is 0.490 e. The molecule has 0 aliphatic heterocycles. The number of hydrogen-bond donors (Lipinski definition) is 3. The van der Waals surface area contributed by atoms with Gasteiger partial charge < -0.3 is 20.1 Å². The topological polar surface area (TPSA) is 88.7 Å². The maximum Gasteiger partial charge on any atom is 0.261 e. The molecule has 176 valence electrons. The summed E-state index contributed by atoms with van der Waals surface area (Å²) in [4.78, 5) is 24.6. The quantitative estimate of drug-likeness (QED) is 0.281. The molecule has 0 bridgehead atoms. The molecule has 0 atom stereocenters.